The molecule has 3 aliphatic rings. The molecule has 0 aliphatic heterocycles. The summed E-state index contributed by atoms with van der Waals surface area (Å²) in [6, 6.07) is 11.8. The van der Waals surface area contributed by atoms with Crippen molar-refractivity contribution in [3.05, 3.63) is 59.4 Å². The molecule has 1 aromatic carbocycles. The summed E-state index contributed by atoms with van der Waals surface area (Å²) in [7, 11) is 0. The van der Waals surface area contributed by atoms with Crippen molar-refractivity contribution in [3.63, 3.8) is 0 Å². The summed E-state index contributed by atoms with van der Waals surface area (Å²) >= 11 is 0. The van der Waals surface area contributed by atoms with Gasteiger partial charge in [-0.15, -0.1) is 0 Å². The van der Waals surface area contributed by atoms with Gasteiger partial charge in [-0.05, 0) is 44.2 Å². The van der Waals surface area contributed by atoms with E-state index < -0.39 is 0 Å². The van der Waals surface area contributed by atoms with E-state index in [1.165, 1.54) is 0 Å². The second-order valence-electron chi connectivity index (χ2n) is 9.63. The number of nitrogens with zero attached hydrogens (tertiary/aromatic N) is 3. The fraction of sp³-hybridized carbons (Fsp3) is 0.480. The van der Waals surface area contributed by atoms with Crippen LogP contribution in [-0.2, 0) is 16.6 Å². The molecule has 0 amide bonds. The summed E-state index contributed by atoms with van der Waals surface area (Å²) in [6.45, 7) is 0. The van der Waals surface area contributed by atoms with E-state index >= 15 is 0 Å². The Bertz CT molecular complexity index is 1150. The Labute approximate surface area is 187 Å². The number of nitrogens with two attached hydrogens (primary N) is 1. The van der Waals surface area contributed by atoms with Crippen molar-refractivity contribution in [3.8, 4) is 0 Å². The number of anilines is 1. The maximum Gasteiger partial charge on any atom is 0.338 e. The average Bonchev–Trinajstić information content (AvgIpc) is 3.59. The Hall–Kier alpha value is -2.93. The van der Waals surface area contributed by atoms with Crippen molar-refractivity contribution in [1.82, 2.24) is 14.6 Å². The molecule has 7 nitrogen and oxygen atoms in total. The molecule has 1 spiro atoms. The monoisotopic (exact) mass is 431 g/mol. The number of carbonyl (C=O) groups is 1. The number of carbonyl (C=O) groups excluding carboxylic acids is 1. The van der Waals surface area contributed by atoms with Crippen molar-refractivity contribution in [2.24, 2.45) is 5.73 Å². The number of fused-ring (bicyclic) bond motifs is 3. The Morgan fingerprint density at radius 1 is 1.16 bits per heavy atom. The molecule has 3 N–H and O–H groups in total. The Balaban J connectivity index is 1.40. The number of ether oxygens (including phenoxy) is 1. The second kappa shape index (κ2) is 7.59. The van der Waals surface area contributed by atoms with Crippen molar-refractivity contribution in [2.75, 3.05) is 5.32 Å². The smallest absolute Gasteiger partial charge is 0.338 e. The van der Waals surface area contributed by atoms with Gasteiger partial charge in [0.05, 0.1) is 22.9 Å². The molecule has 3 atom stereocenters. The fourth-order valence-electron chi connectivity index (χ4n) is 6.09. The normalized spacial score (nSPS) is 26.0. The third-order valence-electron chi connectivity index (χ3n) is 7.68. The van der Waals surface area contributed by atoms with E-state index in [0.717, 1.165) is 67.7 Å². The molecule has 2 saturated carbocycles. The van der Waals surface area contributed by atoms with Crippen LogP contribution in [0.4, 0.5) is 5.82 Å². The third-order valence-corrected chi connectivity index (χ3v) is 7.68. The van der Waals surface area contributed by atoms with Crippen LogP contribution in [0, 0.1) is 0 Å². The van der Waals surface area contributed by atoms with Crippen LogP contribution in [-0.4, -0.2) is 38.8 Å². The number of hydrogen-bond donors (Lipinski definition) is 2. The van der Waals surface area contributed by atoms with Gasteiger partial charge in [-0.3, -0.25) is 0 Å². The summed E-state index contributed by atoms with van der Waals surface area (Å²) in [6.07, 6.45) is 9.56. The summed E-state index contributed by atoms with van der Waals surface area (Å²) < 4.78 is 8.12. The molecule has 166 valence electrons. The maximum atomic E-state index is 13.0. The molecule has 0 bridgehead atoms. The Morgan fingerprint density at radius 3 is 2.72 bits per heavy atom. The van der Waals surface area contributed by atoms with Crippen molar-refractivity contribution >= 4 is 17.4 Å². The fourth-order valence-corrected chi connectivity index (χ4v) is 6.09. The molecular formula is C25H29N5O2. The summed E-state index contributed by atoms with van der Waals surface area (Å²) in [5.41, 5.74) is 9.65. The van der Waals surface area contributed by atoms with E-state index in [2.05, 4.69) is 10.4 Å². The topological polar surface area (TPSA) is 94.5 Å². The predicted octanol–water partition coefficient (Wildman–Crippen LogP) is 3.61. The molecule has 7 heteroatoms. The first kappa shape index (κ1) is 19.7. The molecule has 1 unspecified atom stereocenters. The van der Waals surface area contributed by atoms with Gasteiger partial charge in [0, 0.05) is 30.1 Å². The second-order valence-corrected chi connectivity index (χ2v) is 9.63. The molecule has 6 rings (SSSR count). The minimum Gasteiger partial charge on any atom is -0.457 e. The minimum absolute atomic E-state index is 0.210. The SMILES string of the molecule is N[C@H]1CC[C@H](Nc2c3c(nc4ccnn24)C2(CCCC2)C(OC(=O)c2ccccc2)C3)C1. The van der Waals surface area contributed by atoms with E-state index in [1.54, 1.807) is 6.20 Å². The van der Waals surface area contributed by atoms with Gasteiger partial charge in [-0.25, -0.2) is 9.78 Å². The first-order chi connectivity index (χ1) is 15.6. The molecule has 2 heterocycles. The Morgan fingerprint density at radius 2 is 1.97 bits per heavy atom. The molecule has 0 radical (unpaired) electrons. The number of rotatable bonds is 4. The highest BCUT2D eigenvalue weighted by atomic mass is 16.5. The van der Waals surface area contributed by atoms with Crippen molar-refractivity contribution in [2.45, 2.75) is 75.0 Å². The Kier molecular flexibility index (Phi) is 4.68. The molecule has 3 aliphatic carbocycles. The van der Waals surface area contributed by atoms with Crippen LogP contribution in [0.3, 0.4) is 0 Å². The lowest BCUT2D eigenvalue weighted by Crippen LogP contribution is -2.37. The van der Waals surface area contributed by atoms with Gasteiger partial charge in [-0.1, -0.05) is 31.0 Å². The van der Waals surface area contributed by atoms with Crippen LogP contribution in [0.1, 0.15) is 66.6 Å². The zero-order valence-electron chi connectivity index (χ0n) is 18.2. The van der Waals surface area contributed by atoms with Gasteiger partial charge in [-0.2, -0.15) is 9.61 Å². The molecule has 32 heavy (non-hydrogen) atoms. The molecule has 3 aromatic rings. The van der Waals surface area contributed by atoms with Crippen molar-refractivity contribution in [1.29, 1.82) is 0 Å². The van der Waals surface area contributed by atoms with Crippen LogP contribution in [0.2, 0.25) is 0 Å². The number of nitrogens with one attached hydrogen (secondary N) is 1. The quantitative estimate of drug-likeness (QED) is 0.613. The van der Waals surface area contributed by atoms with Gasteiger partial charge in [0.15, 0.2) is 5.65 Å². The zero-order valence-corrected chi connectivity index (χ0v) is 18.2. The third kappa shape index (κ3) is 3.10. The lowest BCUT2D eigenvalue weighted by atomic mass is 9.81. The summed E-state index contributed by atoms with van der Waals surface area (Å²) in [5, 5.41) is 8.31. The van der Waals surface area contributed by atoms with Crippen LogP contribution in [0.5, 0.6) is 0 Å². The summed E-state index contributed by atoms with van der Waals surface area (Å²) in [5.74, 6) is 0.745. The molecular weight excluding hydrogens is 402 g/mol. The van der Waals surface area contributed by atoms with E-state index in [1.807, 2.05) is 40.9 Å². The standard InChI is InChI=1S/C25H29N5O2/c26-17-8-9-18(14-17)28-23-19-15-20(32-24(31)16-6-2-1-3-7-16)25(11-4-5-12-25)22(19)29-21-10-13-27-30(21)23/h1-3,6-7,10,13,17-18,20,28H,4-5,8-9,11-12,14-15,26H2/t17-,18-,20?/m0/s1. The highest BCUT2D eigenvalue weighted by Gasteiger charge is 2.53. The maximum absolute atomic E-state index is 13.0. The van der Waals surface area contributed by atoms with Gasteiger partial charge >= 0.3 is 5.97 Å². The molecule has 2 fully saturated rings. The number of benzene rings is 1. The van der Waals surface area contributed by atoms with E-state index in [9.17, 15) is 4.79 Å². The highest BCUT2D eigenvalue weighted by Crippen LogP contribution is 2.52. The van der Waals surface area contributed by atoms with Gasteiger partial charge < -0.3 is 15.8 Å². The van der Waals surface area contributed by atoms with Crippen LogP contribution < -0.4 is 11.1 Å². The molecule has 0 saturated heterocycles. The van der Waals surface area contributed by atoms with E-state index in [-0.39, 0.29) is 23.5 Å². The van der Waals surface area contributed by atoms with Crippen LogP contribution in [0.15, 0.2) is 42.6 Å². The van der Waals surface area contributed by atoms with Gasteiger partial charge in [0.1, 0.15) is 11.9 Å². The van der Waals surface area contributed by atoms with E-state index in [4.69, 9.17) is 15.5 Å². The van der Waals surface area contributed by atoms with Crippen LogP contribution >= 0.6 is 0 Å². The predicted molar refractivity (Wildman–Crippen MR) is 122 cm³/mol. The zero-order chi connectivity index (χ0) is 21.7. The van der Waals surface area contributed by atoms with Gasteiger partial charge in [0.25, 0.3) is 0 Å². The van der Waals surface area contributed by atoms with Gasteiger partial charge in [0.2, 0.25) is 0 Å². The van der Waals surface area contributed by atoms with E-state index in [0.29, 0.717) is 18.0 Å². The number of esters is 1. The van der Waals surface area contributed by atoms with Crippen molar-refractivity contribution < 1.29 is 9.53 Å². The number of aromatic nitrogens is 3. The first-order valence-electron chi connectivity index (χ1n) is 11.8. The number of hydrogen-bond acceptors (Lipinski definition) is 6. The minimum atomic E-state index is -0.254. The lowest BCUT2D eigenvalue weighted by Gasteiger charge is -2.31. The highest BCUT2D eigenvalue weighted by molar-refractivity contribution is 5.89. The molecule has 2 aromatic heterocycles. The largest absolute Gasteiger partial charge is 0.457 e. The average molecular weight is 432 g/mol. The lowest BCUT2D eigenvalue weighted by molar-refractivity contribution is 0.0108. The van der Waals surface area contributed by atoms with Crippen LogP contribution in [0.25, 0.3) is 5.65 Å². The first-order valence-corrected chi connectivity index (χ1v) is 11.8. The summed E-state index contributed by atoms with van der Waals surface area (Å²) in [4.78, 5) is 18.1.